The van der Waals surface area contributed by atoms with Crippen LogP contribution in [0.15, 0.2) is 24.3 Å². The van der Waals surface area contributed by atoms with Gasteiger partial charge in [-0.25, -0.2) is 4.79 Å². The SMILES string of the molecule is O=C(N[C@@H]1CCCC[C@H]1C(=O)O)OCCCc1ccc(Cl)cc1. The molecule has 1 aliphatic rings. The van der Waals surface area contributed by atoms with Gasteiger partial charge in [-0.1, -0.05) is 36.6 Å². The molecule has 0 aromatic heterocycles. The van der Waals surface area contributed by atoms with Gasteiger partial charge in [-0.2, -0.15) is 0 Å². The Kier molecular flexibility index (Phi) is 6.71. The summed E-state index contributed by atoms with van der Waals surface area (Å²) in [5.74, 6) is -1.36. The second-order valence-corrected chi connectivity index (χ2v) is 6.28. The van der Waals surface area contributed by atoms with Crippen molar-refractivity contribution < 1.29 is 19.4 Å². The molecular formula is C17H22ClNO4. The van der Waals surface area contributed by atoms with E-state index in [0.29, 0.717) is 30.9 Å². The molecule has 2 rings (SSSR count). The van der Waals surface area contributed by atoms with Gasteiger partial charge in [0.2, 0.25) is 0 Å². The first-order valence-electron chi connectivity index (χ1n) is 7.97. The Bertz CT molecular complexity index is 532. The molecule has 0 unspecified atom stereocenters. The minimum absolute atomic E-state index is 0.304. The number of hydrogen-bond acceptors (Lipinski definition) is 3. The number of benzene rings is 1. The molecule has 2 atom stereocenters. The number of carbonyl (C=O) groups excluding carboxylic acids is 1. The Balaban J connectivity index is 1.68. The van der Waals surface area contributed by atoms with Crippen molar-refractivity contribution in [3.05, 3.63) is 34.9 Å². The summed E-state index contributed by atoms with van der Waals surface area (Å²) < 4.78 is 5.15. The fourth-order valence-electron chi connectivity index (χ4n) is 2.88. The molecule has 1 aliphatic carbocycles. The van der Waals surface area contributed by atoms with Gasteiger partial charge in [0.15, 0.2) is 0 Å². The van der Waals surface area contributed by atoms with Gasteiger partial charge in [-0.05, 0) is 43.4 Å². The zero-order valence-corrected chi connectivity index (χ0v) is 13.7. The minimum Gasteiger partial charge on any atom is -0.481 e. The van der Waals surface area contributed by atoms with E-state index in [1.807, 2.05) is 24.3 Å². The lowest BCUT2D eigenvalue weighted by molar-refractivity contribution is -0.143. The number of carboxylic acid groups (broad SMARTS) is 1. The predicted octanol–water partition coefficient (Wildman–Crippen LogP) is 3.64. The third-order valence-corrected chi connectivity index (χ3v) is 4.39. The molecule has 0 saturated heterocycles. The highest BCUT2D eigenvalue weighted by molar-refractivity contribution is 6.30. The Hall–Kier alpha value is -1.75. The Morgan fingerprint density at radius 1 is 1.22 bits per heavy atom. The van der Waals surface area contributed by atoms with Crippen LogP contribution in [0.2, 0.25) is 5.02 Å². The van der Waals surface area contributed by atoms with Crippen molar-refractivity contribution in [1.29, 1.82) is 0 Å². The van der Waals surface area contributed by atoms with Crippen LogP contribution >= 0.6 is 11.6 Å². The average molecular weight is 340 g/mol. The molecule has 0 radical (unpaired) electrons. The highest BCUT2D eigenvalue weighted by atomic mass is 35.5. The van der Waals surface area contributed by atoms with Crippen molar-refractivity contribution in [2.24, 2.45) is 5.92 Å². The number of halogens is 1. The molecule has 5 nitrogen and oxygen atoms in total. The summed E-state index contributed by atoms with van der Waals surface area (Å²) >= 11 is 5.82. The molecule has 0 bridgehead atoms. The van der Waals surface area contributed by atoms with Gasteiger partial charge in [0.25, 0.3) is 0 Å². The maximum absolute atomic E-state index is 11.8. The van der Waals surface area contributed by atoms with Crippen molar-refractivity contribution >= 4 is 23.7 Å². The van der Waals surface area contributed by atoms with E-state index in [0.717, 1.165) is 24.8 Å². The summed E-state index contributed by atoms with van der Waals surface area (Å²) in [6.45, 7) is 0.304. The van der Waals surface area contributed by atoms with Crippen LogP contribution in [0.3, 0.4) is 0 Å². The van der Waals surface area contributed by atoms with Gasteiger partial charge >= 0.3 is 12.1 Å². The number of alkyl carbamates (subject to hydrolysis) is 1. The topological polar surface area (TPSA) is 75.6 Å². The number of carboxylic acids is 1. The van der Waals surface area contributed by atoms with E-state index >= 15 is 0 Å². The maximum atomic E-state index is 11.8. The van der Waals surface area contributed by atoms with Crippen LogP contribution in [-0.4, -0.2) is 29.8 Å². The monoisotopic (exact) mass is 339 g/mol. The fraction of sp³-hybridized carbons (Fsp3) is 0.529. The number of aryl methyl sites for hydroxylation is 1. The zero-order chi connectivity index (χ0) is 16.7. The van der Waals surface area contributed by atoms with Gasteiger partial charge in [-0.15, -0.1) is 0 Å². The van der Waals surface area contributed by atoms with Gasteiger partial charge < -0.3 is 15.2 Å². The first-order chi connectivity index (χ1) is 11.1. The van der Waals surface area contributed by atoms with Crippen molar-refractivity contribution in [3.63, 3.8) is 0 Å². The second kappa shape index (κ2) is 8.77. The van der Waals surface area contributed by atoms with Gasteiger partial charge in [-0.3, -0.25) is 4.79 Å². The summed E-state index contributed by atoms with van der Waals surface area (Å²) in [6.07, 6.45) is 4.11. The van der Waals surface area contributed by atoms with Gasteiger partial charge in [0.05, 0.1) is 12.5 Å². The van der Waals surface area contributed by atoms with E-state index in [9.17, 15) is 14.7 Å². The number of hydrogen-bond donors (Lipinski definition) is 2. The zero-order valence-electron chi connectivity index (χ0n) is 13.0. The molecule has 0 aliphatic heterocycles. The van der Waals surface area contributed by atoms with E-state index in [2.05, 4.69) is 5.32 Å². The van der Waals surface area contributed by atoms with Crippen LogP contribution in [-0.2, 0) is 16.0 Å². The first kappa shape index (κ1) is 17.6. The Labute approximate surface area is 141 Å². The highest BCUT2D eigenvalue weighted by Crippen LogP contribution is 2.24. The van der Waals surface area contributed by atoms with Crippen LogP contribution in [0.1, 0.15) is 37.7 Å². The molecule has 126 valence electrons. The molecule has 1 fully saturated rings. The lowest BCUT2D eigenvalue weighted by atomic mass is 9.85. The Morgan fingerprint density at radius 2 is 1.91 bits per heavy atom. The van der Waals surface area contributed by atoms with Gasteiger partial charge in [0.1, 0.15) is 0 Å². The van der Waals surface area contributed by atoms with E-state index in [1.165, 1.54) is 0 Å². The Morgan fingerprint density at radius 3 is 2.61 bits per heavy atom. The third-order valence-electron chi connectivity index (χ3n) is 4.14. The number of nitrogens with one attached hydrogen (secondary N) is 1. The first-order valence-corrected chi connectivity index (χ1v) is 8.34. The van der Waals surface area contributed by atoms with Crippen LogP contribution in [0.5, 0.6) is 0 Å². The molecule has 0 heterocycles. The number of carbonyl (C=O) groups is 2. The second-order valence-electron chi connectivity index (χ2n) is 5.85. The standard InChI is InChI=1S/C17H22ClNO4/c18-13-9-7-12(8-10-13)4-3-11-23-17(22)19-15-6-2-1-5-14(15)16(20)21/h7-10,14-15H,1-6,11H2,(H,19,22)(H,20,21)/t14-,15-/m1/s1. The molecule has 1 aromatic rings. The molecule has 1 amide bonds. The summed E-state index contributed by atoms with van der Waals surface area (Å²) in [6, 6.07) is 7.23. The molecule has 1 saturated carbocycles. The normalized spacial score (nSPS) is 20.7. The number of rotatable bonds is 6. The quantitative estimate of drug-likeness (QED) is 0.776. The summed E-state index contributed by atoms with van der Waals surface area (Å²) in [4.78, 5) is 23.0. The van der Waals surface area contributed by atoms with E-state index in [1.54, 1.807) is 0 Å². The van der Waals surface area contributed by atoms with Gasteiger partial charge in [0, 0.05) is 11.1 Å². The third kappa shape index (κ3) is 5.75. The minimum atomic E-state index is -0.849. The van der Waals surface area contributed by atoms with E-state index in [-0.39, 0.29) is 6.04 Å². The highest BCUT2D eigenvalue weighted by Gasteiger charge is 2.32. The lowest BCUT2D eigenvalue weighted by Crippen LogP contribution is -2.45. The predicted molar refractivity (Wildman–Crippen MR) is 87.6 cm³/mol. The smallest absolute Gasteiger partial charge is 0.407 e. The molecular weight excluding hydrogens is 318 g/mol. The maximum Gasteiger partial charge on any atom is 0.407 e. The van der Waals surface area contributed by atoms with Crippen molar-refractivity contribution in [2.45, 2.75) is 44.6 Å². The fourth-order valence-corrected chi connectivity index (χ4v) is 3.01. The number of amides is 1. The van der Waals surface area contributed by atoms with E-state index < -0.39 is 18.0 Å². The summed E-state index contributed by atoms with van der Waals surface area (Å²) in [5.41, 5.74) is 1.14. The number of ether oxygens (including phenoxy) is 1. The lowest BCUT2D eigenvalue weighted by Gasteiger charge is -2.28. The molecule has 6 heteroatoms. The van der Waals surface area contributed by atoms with Crippen LogP contribution in [0.4, 0.5) is 4.79 Å². The van der Waals surface area contributed by atoms with Crippen LogP contribution in [0, 0.1) is 5.92 Å². The molecule has 1 aromatic carbocycles. The molecule has 23 heavy (non-hydrogen) atoms. The van der Waals surface area contributed by atoms with Crippen molar-refractivity contribution in [2.75, 3.05) is 6.61 Å². The largest absolute Gasteiger partial charge is 0.481 e. The summed E-state index contributed by atoms with van der Waals surface area (Å²) in [7, 11) is 0. The van der Waals surface area contributed by atoms with Crippen LogP contribution < -0.4 is 5.32 Å². The average Bonchev–Trinajstić information content (AvgIpc) is 2.53. The summed E-state index contributed by atoms with van der Waals surface area (Å²) in [5, 5.41) is 12.6. The molecule has 2 N–H and O–H groups in total. The van der Waals surface area contributed by atoms with E-state index in [4.69, 9.17) is 16.3 Å². The van der Waals surface area contributed by atoms with Crippen molar-refractivity contribution in [3.8, 4) is 0 Å². The van der Waals surface area contributed by atoms with Crippen LogP contribution in [0.25, 0.3) is 0 Å². The number of aliphatic carboxylic acids is 1. The van der Waals surface area contributed by atoms with Crippen molar-refractivity contribution in [1.82, 2.24) is 5.32 Å². The molecule has 0 spiro atoms.